The largest absolute Gasteiger partial charge is 0.493 e. The molecule has 0 fully saturated rings. The number of fused-ring (bicyclic) bond motifs is 3. The first kappa shape index (κ1) is 20.3. The average molecular weight is 456 g/mol. The molecule has 0 bridgehead atoms. The molecular weight excluding hydrogens is 435 g/mol. The molecule has 0 saturated carbocycles. The van der Waals surface area contributed by atoms with Crippen LogP contribution in [0.15, 0.2) is 78.6 Å². The molecular formula is C26H21FN4O3. The highest BCUT2D eigenvalue weighted by atomic mass is 19.1. The van der Waals surface area contributed by atoms with E-state index in [1.54, 1.807) is 31.0 Å². The van der Waals surface area contributed by atoms with Crippen LogP contribution in [0.25, 0.3) is 5.70 Å². The van der Waals surface area contributed by atoms with Crippen molar-refractivity contribution < 1.29 is 18.6 Å². The van der Waals surface area contributed by atoms with Crippen molar-refractivity contribution in [3.05, 3.63) is 101 Å². The molecule has 0 saturated heterocycles. The third kappa shape index (κ3) is 3.02. The average Bonchev–Trinajstić information content (AvgIpc) is 3.35. The summed E-state index contributed by atoms with van der Waals surface area (Å²) in [6, 6.07) is 19.6. The summed E-state index contributed by atoms with van der Waals surface area (Å²) in [5.41, 5.74) is 3.86. The lowest BCUT2D eigenvalue weighted by Gasteiger charge is -2.39. The van der Waals surface area contributed by atoms with Gasteiger partial charge < -0.3 is 19.5 Å². The van der Waals surface area contributed by atoms with Gasteiger partial charge in [0, 0.05) is 22.3 Å². The van der Waals surface area contributed by atoms with Gasteiger partial charge in [-0.2, -0.15) is 10.1 Å². The Bertz CT molecular complexity index is 1430. The molecule has 3 heterocycles. The van der Waals surface area contributed by atoms with Gasteiger partial charge in [-0.1, -0.05) is 36.4 Å². The molecule has 7 nitrogen and oxygen atoms in total. The number of hydrogen-bond acceptors (Lipinski definition) is 6. The van der Waals surface area contributed by atoms with Crippen LogP contribution in [0.1, 0.15) is 28.8 Å². The first-order chi connectivity index (χ1) is 16.7. The van der Waals surface area contributed by atoms with Gasteiger partial charge in [0.15, 0.2) is 11.5 Å². The maximum absolute atomic E-state index is 15.2. The predicted octanol–water partition coefficient (Wildman–Crippen LogP) is 4.99. The van der Waals surface area contributed by atoms with Crippen LogP contribution in [0.5, 0.6) is 17.2 Å². The molecule has 2 aliphatic heterocycles. The van der Waals surface area contributed by atoms with E-state index in [0.717, 1.165) is 22.4 Å². The lowest BCUT2D eigenvalue weighted by molar-refractivity contribution is 0.221. The molecule has 6 rings (SSSR count). The van der Waals surface area contributed by atoms with Gasteiger partial charge >= 0.3 is 0 Å². The van der Waals surface area contributed by atoms with E-state index < -0.39 is 12.1 Å². The zero-order chi connectivity index (χ0) is 23.2. The van der Waals surface area contributed by atoms with Crippen LogP contribution in [0.4, 0.5) is 10.3 Å². The number of halogens is 1. The van der Waals surface area contributed by atoms with E-state index in [1.807, 2.05) is 48.5 Å². The quantitative estimate of drug-likeness (QED) is 0.466. The zero-order valence-corrected chi connectivity index (χ0v) is 18.5. The van der Waals surface area contributed by atoms with Crippen LogP contribution in [-0.4, -0.2) is 29.0 Å². The van der Waals surface area contributed by atoms with Gasteiger partial charge in [-0.15, -0.1) is 0 Å². The van der Waals surface area contributed by atoms with Crippen molar-refractivity contribution in [1.82, 2.24) is 14.8 Å². The topological polar surface area (TPSA) is 70.4 Å². The Kier molecular flexibility index (Phi) is 4.72. The van der Waals surface area contributed by atoms with Crippen molar-refractivity contribution in [1.29, 1.82) is 0 Å². The summed E-state index contributed by atoms with van der Waals surface area (Å²) in [5, 5.41) is 7.85. The van der Waals surface area contributed by atoms with Crippen LogP contribution < -0.4 is 19.5 Å². The molecule has 0 aliphatic carbocycles. The molecule has 0 spiro atoms. The van der Waals surface area contributed by atoms with Crippen molar-refractivity contribution >= 4 is 11.6 Å². The fraction of sp³-hybridized carbons (Fsp3) is 0.154. The van der Waals surface area contributed by atoms with Gasteiger partial charge in [0.1, 0.15) is 30.0 Å². The second-order valence-electron chi connectivity index (χ2n) is 8.02. The third-order valence-corrected chi connectivity index (χ3v) is 6.23. The maximum atomic E-state index is 15.2. The minimum Gasteiger partial charge on any atom is -0.493 e. The Morgan fingerprint density at radius 1 is 0.971 bits per heavy atom. The third-order valence-electron chi connectivity index (χ3n) is 6.23. The molecule has 34 heavy (non-hydrogen) atoms. The summed E-state index contributed by atoms with van der Waals surface area (Å²) in [7, 11) is 3.19. The van der Waals surface area contributed by atoms with Gasteiger partial charge in [-0.25, -0.2) is 9.07 Å². The lowest BCUT2D eigenvalue weighted by atomic mass is 9.84. The van der Waals surface area contributed by atoms with Crippen LogP contribution >= 0.6 is 0 Å². The molecule has 1 N–H and O–H groups in total. The van der Waals surface area contributed by atoms with Gasteiger partial charge in [-0.3, -0.25) is 0 Å². The van der Waals surface area contributed by atoms with Crippen LogP contribution in [0, 0.1) is 5.82 Å². The van der Waals surface area contributed by atoms with E-state index in [1.165, 1.54) is 12.4 Å². The fourth-order valence-corrected chi connectivity index (χ4v) is 4.70. The van der Waals surface area contributed by atoms with Crippen molar-refractivity contribution in [2.45, 2.75) is 12.1 Å². The van der Waals surface area contributed by atoms with Crippen molar-refractivity contribution in [2.75, 3.05) is 19.5 Å². The fourth-order valence-electron chi connectivity index (χ4n) is 4.70. The van der Waals surface area contributed by atoms with Gasteiger partial charge in [0.05, 0.1) is 19.9 Å². The predicted molar refractivity (Wildman–Crippen MR) is 124 cm³/mol. The minimum absolute atomic E-state index is 0.326. The number of nitrogens with zero attached hydrogens (tertiary/aromatic N) is 3. The Labute approximate surface area is 195 Å². The standard InChI is InChI=1S/C26H21FN4O3/c1-32-20-12-11-15(13-21(20)33-2)25-22-23(17-8-4-6-10-19(17)34-25)30-26-28-14-29-31(26)24(22)16-7-3-5-9-18(16)27/h3-14,24-25H,1-2H3,(H,28,29,30)/t24-,25+/m0/s1. The summed E-state index contributed by atoms with van der Waals surface area (Å²) in [6.07, 6.45) is 0.923. The molecule has 0 unspecified atom stereocenters. The van der Waals surface area contributed by atoms with Crippen LogP contribution in [0.2, 0.25) is 0 Å². The van der Waals surface area contributed by atoms with E-state index >= 15 is 4.39 Å². The SMILES string of the molecule is COc1ccc([C@H]2Oc3ccccc3C3=C2[C@H](c2ccccc2F)n2ncnc2N3)cc1OC. The van der Waals surface area contributed by atoms with Gasteiger partial charge in [0.25, 0.3) is 0 Å². The Balaban J connectivity index is 1.62. The monoisotopic (exact) mass is 456 g/mol. The normalized spacial score (nSPS) is 18.2. The summed E-state index contributed by atoms with van der Waals surface area (Å²) in [6.45, 7) is 0. The number of methoxy groups -OCH3 is 2. The number of anilines is 1. The molecule has 170 valence electrons. The van der Waals surface area contributed by atoms with E-state index in [2.05, 4.69) is 15.4 Å². The molecule has 2 atom stereocenters. The second kappa shape index (κ2) is 7.91. The highest BCUT2D eigenvalue weighted by Gasteiger charge is 2.41. The number of para-hydroxylation sites is 1. The molecule has 4 aromatic rings. The number of rotatable bonds is 4. The van der Waals surface area contributed by atoms with Crippen molar-refractivity contribution in [3.63, 3.8) is 0 Å². The molecule has 0 radical (unpaired) electrons. The Morgan fingerprint density at radius 3 is 2.59 bits per heavy atom. The van der Waals surface area contributed by atoms with Gasteiger partial charge in [-0.05, 0) is 30.3 Å². The minimum atomic E-state index is -0.568. The van der Waals surface area contributed by atoms with E-state index in [-0.39, 0.29) is 5.82 Å². The highest BCUT2D eigenvalue weighted by molar-refractivity contribution is 5.85. The van der Waals surface area contributed by atoms with E-state index in [4.69, 9.17) is 14.2 Å². The molecule has 0 amide bonds. The van der Waals surface area contributed by atoms with E-state index in [9.17, 15) is 0 Å². The lowest BCUT2D eigenvalue weighted by Crippen LogP contribution is -2.32. The van der Waals surface area contributed by atoms with Crippen molar-refractivity contribution in [2.24, 2.45) is 0 Å². The summed E-state index contributed by atoms with van der Waals surface area (Å²) in [4.78, 5) is 4.38. The summed E-state index contributed by atoms with van der Waals surface area (Å²) >= 11 is 0. The molecule has 8 heteroatoms. The molecule has 3 aromatic carbocycles. The zero-order valence-electron chi connectivity index (χ0n) is 18.5. The number of aromatic nitrogens is 3. The maximum Gasteiger partial charge on any atom is 0.226 e. The van der Waals surface area contributed by atoms with Crippen LogP contribution in [0.3, 0.4) is 0 Å². The summed E-state index contributed by atoms with van der Waals surface area (Å²) < 4.78 is 34.4. The van der Waals surface area contributed by atoms with E-state index in [0.29, 0.717) is 28.8 Å². The first-order valence-electron chi connectivity index (χ1n) is 10.8. The number of ether oxygens (including phenoxy) is 3. The number of benzene rings is 3. The smallest absolute Gasteiger partial charge is 0.226 e. The first-order valence-corrected chi connectivity index (χ1v) is 10.8. The van der Waals surface area contributed by atoms with Gasteiger partial charge in [0.2, 0.25) is 5.95 Å². The highest BCUT2D eigenvalue weighted by Crippen LogP contribution is 2.51. The molecule has 2 aliphatic rings. The number of hydrogen-bond donors (Lipinski definition) is 1. The van der Waals surface area contributed by atoms with Crippen molar-refractivity contribution in [3.8, 4) is 17.2 Å². The second-order valence-corrected chi connectivity index (χ2v) is 8.02. The Morgan fingerprint density at radius 2 is 1.76 bits per heavy atom. The molecule has 1 aromatic heterocycles. The number of nitrogens with one attached hydrogen (secondary N) is 1. The summed E-state index contributed by atoms with van der Waals surface area (Å²) in [5.74, 6) is 2.12. The van der Waals surface area contributed by atoms with Crippen LogP contribution in [-0.2, 0) is 0 Å². The Hall–Kier alpha value is -4.33.